The number of benzene rings is 2. The fourth-order valence-electron chi connectivity index (χ4n) is 2.83. The van der Waals surface area contributed by atoms with Gasteiger partial charge in [0, 0.05) is 11.6 Å². The van der Waals surface area contributed by atoms with E-state index in [1.54, 1.807) is 6.07 Å². The monoisotopic (exact) mass is 445 g/mol. The normalized spacial score (nSPS) is 13.0. The fourth-order valence-corrected chi connectivity index (χ4v) is 3.02. The van der Waals surface area contributed by atoms with Crippen LogP contribution >= 0.6 is 11.6 Å². The number of carbonyl (C=O) groups excluding carboxylic acids is 1. The molecule has 4 N–H and O–H groups in total. The molecule has 162 valence electrons. The third-order valence-electron chi connectivity index (χ3n) is 4.42. The molecular weight excluding hydrogens is 426 g/mol. The number of carboxylic acid groups (broad SMARTS) is 1. The number of nitrogens with one attached hydrogen (secondary N) is 1. The lowest BCUT2D eigenvalue weighted by atomic mass is 10.0. The maximum absolute atomic E-state index is 12.4. The van der Waals surface area contributed by atoms with E-state index < -0.39 is 24.0 Å². The molecule has 1 atom stereocenters. The second kappa shape index (κ2) is 9.13. The van der Waals surface area contributed by atoms with Crippen molar-refractivity contribution in [1.82, 2.24) is 25.6 Å². The molecule has 1 heterocycles. The van der Waals surface area contributed by atoms with Gasteiger partial charge in [0.1, 0.15) is 0 Å². The topological polar surface area (TPSA) is 141 Å². The number of hydrazine groups is 1. The lowest BCUT2D eigenvalue weighted by Gasteiger charge is -2.29. The molecule has 0 radical (unpaired) electrons. The Morgan fingerprint density at radius 2 is 1.90 bits per heavy atom. The SMILES string of the molecule is CC(O)(CN(Cc1ccc(-c2cccc(Cl)c2)cc1)NC(=O)c1cn(O)nn1)C(=O)O. The minimum absolute atomic E-state index is 0.0955. The van der Waals surface area contributed by atoms with Gasteiger partial charge in [-0.3, -0.25) is 10.2 Å². The number of aliphatic hydroxyl groups is 1. The molecule has 3 aromatic rings. The Morgan fingerprint density at radius 3 is 2.48 bits per heavy atom. The highest BCUT2D eigenvalue weighted by Crippen LogP contribution is 2.23. The predicted molar refractivity (Wildman–Crippen MR) is 110 cm³/mol. The maximum atomic E-state index is 12.4. The number of hydrogen-bond donors (Lipinski definition) is 4. The zero-order valence-electron chi connectivity index (χ0n) is 16.4. The molecule has 0 saturated heterocycles. The van der Waals surface area contributed by atoms with Gasteiger partial charge >= 0.3 is 5.97 Å². The molecule has 1 aromatic heterocycles. The van der Waals surface area contributed by atoms with Crippen molar-refractivity contribution < 1.29 is 25.0 Å². The Bertz CT molecular complexity index is 1080. The van der Waals surface area contributed by atoms with Gasteiger partial charge in [0.2, 0.25) is 0 Å². The van der Waals surface area contributed by atoms with Gasteiger partial charge in [-0.15, -0.1) is 5.10 Å². The second-order valence-corrected chi connectivity index (χ2v) is 7.54. The molecular formula is C20H20ClN5O5. The number of rotatable bonds is 8. The summed E-state index contributed by atoms with van der Waals surface area (Å²) in [6.45, 7) is 0.816. The highest BCUT2D eigenvalue weighted by Gasteiger charge is 2.33. The molecule has 1 unspecified atom stereocenters. The van der Waals surface area contributed by atoms with Gasteiger partial charge in [-0.25, -0.2) is 9.80 Å². The van der Waals surface area contributed by atoms with Crippen LogP contribution in [-0.4, -0.2) is 59.6 Å². The van der Waals surface area contributed by atoms with E-state index in [2.05, 4.69) is 15.7 Å². The van der Waals surface area contributed by atoms with Crippen molar-refractivity contribution >= 4 is 23.5 Å². The summed E-state index contributed by atoms with van der Waals surface area (Å²) in [5.74, 6) is -2.17. The molecule has 0 fully saturated rings. The van der Waals surface area contributed by atoms with E-state index in [1.807, 2.05) is 42.5 Å². The Balaban J connectivity index is 1.78. The number of nitrogens with zero attached hydrogens (tertiary/aromatic N) is 4. The van der Waals surface area contributed by atoms with Crippen LogP contribution in [0.3, 0.4) is 0 Å². The molecule has 10 nitrogen and oxygen atoms in total. The van der Waals surface area contributed by atoms with E-state index in [4.69, 9.17) is 11.6 Å². The summed E-state index contributed by atoms with van der Waals surface area (Å²) >= 11 is 6.04. The van der Waals surface area contributed by atoms with Crippen LogP contribution in [0.25, 0.3) is 11.1 Å². The molecule has 31 heavy (non-hydrogen) atoms. The van der Waals surface area contributed by atoms with Gasteiger partial charge < -0.3 is 15.4 Å². The van der Waals surface area contributed by atoms with Crippen LogP contribution in [0.1, 0.15) is 23.0 Å². The number of amides is 1. The Labute approximate surface area is 182 Å². The largest absolute Gasteiger partial charge is 0.479 e. The van der Waals surface area contributed by atoms with Gasteiger partial charge in [0.05, 0.1) is 12.7 Å². The van der Waals surface area contributed by atoms with Crippen LogP contribution in [0, 0.1) is 0 Å². The molecule has 0 aliphatic rings. The molecule has 1 amide bonds. The van der Waals surface area contributed by atoms with Crippen molar-refractivity contribution in [3.63, 3.8) is 0 Å². The lowest BCUT2D eigenvalue weighted by molar-refractivity contribution is -0.159. The quantitative estimate of drug-likeness (QED) is 0.304. The van der Waals surface area contributed by atoms with Gasteiger partial charge in [-0.05, 0) is 41.0 Å². The van der Waals surface area contributed by atoms with Gasteiger partial charge in [-0.2, -0.15) is 0 Å². The van der Waals surface area contributed by atoms with E-state index in [0.29, 0.717) is 9.87 Å². The summed E-state index contributed by atoms with van der Waals surface area (Å²) in [5, 5.41) is 37.2. The van der Waals surface area contributed by atoms with Crippen LogP contribution in [0.15, 0.2) is 54.7 Å². The second-order valence-electron chi connectivity index (χ2n) is 7.11. The summed E-state index contributed by atoms with van der Waals surface area (Å²) in [6, 6.07) is 14.8. The maximum Gasteiger partial charge on any atom is 0.336 e. The van der Waals surface area contributed by atoms with Crippen molar-refractivity contribution in [2.45, 2.75) is 19.1 Å². The number of hydrogen-bond acceptors (Lipinski definition) is 7. The number of aromatic nitrogens is 3. The molecule has 0 aliphatic heterocycles. The summed E-state index contributed by atoms with van der Waals surface area (Å²) in [6.07, 6.45) is 0.989. The first-order valence-corrected chi connectivity index (χ1v) is 9.50. The van der Waals surface area contributed by atoms with Crippen molar-refractivity contribution in [3.05, 3.63) is 71.0 Å². The van der Waals surface area contributed by atoms with E-state index in [9.17, 15) is 25.0 Å². The minimum atomic E-state index is -2.12. The van der Waals surface area contributed by atoms with Crippen molar-refractivity contribution in [2.75, 3.05) is 6.54 Å². The van der Waals surface area contributed by atoms with Crippen LogP contribution in [-0.2, 0) is 11.3 Å². The Kier molecular flexibility index (Phi) is 6.54. The molecule has 0 spiro atoms. The van der Waals surface area contributed by atoms with Crippen LogP contribution in [0.2, 0.25) is 5.02 Å². The van der Waals surface area contributed by atoms with Gasteiger partial charge in [-0.1, -0.05) is 52.8 Å². The zero-order chi connectivity index (χ0) is 22.6. The summed E-state index contributed by atoms with van der Waals surface area (Å²) in [5.41, 5.74) is 2.80. The minimum Gasteiger partial charge on any atom is -0.479 e. The predicted octanol–water partition coefficient (Wildman–Crippen LogP) is 1.82. The Hall–Kier alpha value is -3.47. The third-order valence-corrected chi connectivity index (χ3v) is 4.65. The highest BCUT2D eigenvalue weighted by atomic mass is 35.5. The van der Waals surface area contributed by atoms with Crippen LogP contribution in [0.4, 0.5) is 0 Å². The number of halogens is 1. The number of carboxylic acids is 1. The van der Waals surface area contributed by atoms with Crippen LogP contribution in [0.5, 0.6) is 0 Å². The van der Waals surface area contributed by atoms with Crippen LogP contribution < -0.4 is 5.43 Å². The number of carbonyl (C=O) groups is 2. The van der Waals surface area contributed by atoms with E-state index in [0.717, 1.165) is 29.8 Å². The first-order chi connectivity index (χ1) is 14.6. The summed E-state index contributed by atoms with van der Waals surface area (Å²) < 4.78 is 0. The summed E-state index contributed by atoms with van der Waals surface area (Å²) in [7, 11) is 0. The van der Waals surface area contributed by atoms with E-state index in [1.165, 1.54) is 5.01 Å². The molecule has 0 bridgehead atoms. The average molecular weight is 446 g/mol. The number of aliphatic carboxylic acids is 1. The highest BCUT2D eigenvalue weighted by molar-refractivity contribution is 6.30. The molecule has 0 aliphatic carbocycles. The molecule has 3 rings (SSSR count). The van der Waals surface area contributed by atoms with E-state index in [-0.39, 0.29) is 12.2 Å². The average Bonchev–Trinajstić information content (AvgIpc) is 3.14. The first-order valence-electron chi connectivity index (χ1n) is 9.12. The Morgan fingerprint density at radius 1 is 1.19 bits per heavy atom. The van der Waals surface area contributed by atoms with E-state index >= 15 is 0 Å². The smallest absolute Gasteiger partial charge is 0.336 e. The third kappa shape index (κ3) is 5.79. The zero-order valence-corrected chi connectivity index (χ0v) is 17.2. The lowest BCUT2D eigenvalue weighted by Crippen LogP contribution is -2.52. The first kappa shape index (κ1) is 22.2. The standard InChI is InChI=1S/C20H20ClN5O5/c1-20(30,19(28)29)12-25(23-18(27)17-11-26(31)24-22-17)10-13-5-7-14(8-6-13)15-3-2-4-16(21)9-15/h2-9,11,30-31H,10,12H2,1H3,(H,23,27)(H,28,29). The van der Waals surface area contributed by atoms with Crippen molar-refractivity contribution in [3.8, 4) is 11.1 Å². The van der Waals surface area contributed by atoms with Crippen molar-refractivity contribution in [2.24, 2.45) is 0 Å². The molecule has 0 saturated carbocycles. The van der Waals surface area contributed by atoms with Gasteiger partial charge in [0.25, 0.3) is 5.91 Å². The summed E-state index contributed by atoms with van der Waals surface area (Å²) in [4.78, 5) is 24.1. The fraction of sp³-hybridized carbons (Fsp3) is 0.200. The molecule has 2 aromatic carbocycles. The van der Waals surface area contributed by atoms with Crippen molar-refractivity contribution in [1.29, 1.82) is 0 Å². The van der Waals surface area contributed by atoms with Gasteiger partial charge in [0.15, 0.2) is 11.3 Å². The molecule has 11 heteroatoms.